The summed E-state index contributed by atoms with van der Waals surface area (Å²) in [5.74, 6) is -0.231. The summed E-state index contributed by atoms with van der Waals surface area (Å²) in [4.78, 5) is 12.5. The van der Waals surface area contributed by atoms with Crippen LogP contribution >= 0.6 is 11.3 Å². The smallest absolute Gasteiger partial charge is 0.309 e. The number of carbonyl (C=O) groups is 1. The van der Waals surface area contributed by atoms with Crippen molar-refractivity contribution in [3.8, 4) is 0 Å². The number of hydrogen-bond acceptors (Lipinski definition) is 4. The Morgan fingerprint density at radius 3 is 2.58 bits per heavy atom. The predicted octanol–water partition coefficient (Wildman–Crippen LogP) is 3.18. The van der Waals surface area contributed by atoms with Gasteiger partial charge >= 0.3 is 5.97 Å². The average Bonchev–Trinajstić information content (AvgIpc) is 2.94. The van der Waals surface area contributed by atoms with Crippen molar-refractivity contribution < 1.29 is 14.3 Å². The van der Waals surface area contributed by atoms with Crippen molar-refractivity contribution in [3.63, 3.8) is 0 Å². The van der Waals surface area contributed by atoms with E-state index in [0.717, 1.165) is 11.1 Å². The second-order valence-corrected chi connectivity index (χ2v) is 5.13. The van der Waals surface area contributed by atoms with E-state index in [-0.39, 0.29) is 12.4 Å². The number of hydrogen-bond donors (Lipinski definition) is 0. The molecule has 3 nitrogen and oxygen atoms in total. The van der Waals surface area contributed by atoms with Crippen molar-refractivity contribution in [2.24, 2.45) is 0 Å². The molecule has 100 valence electrons. The van der Waals surface area contributed by atoms with E-state index < -0.39 is 0 Å². The molecule has 0 radical (unpaired) electrons. The minimum absolute atomic E-state index is 0.231. The Morgan fingerprint density at radius 1 is 1.11 bits per heavy atom. The fourth-order valence-corrected chi connectivity index (χ4v) is 2.40. The number of thiophene rings is 1. The van der Waals surface area contributed by atoms with E-state index in [4.69, 9.17) is 9.47 Å². The molecule has 1 aromatic heterocycles. The van der Waals surface area contributed by atoms with Gasteiger partial charge in [0.1, 0.15) is 0 Å². The van der Waals surface area contributed by atoms with Gasteiger partial charge < -0.3 is 9.47 Å². The largest absolute Gasteiger partial charge is 0.469 e. The lowest BCUT2D eigenvalue weighted by atomic mass is 10.1. The molecule has 2 aromatic rings. The van der Waals surface area contributed by atoms with Crippen LogP contribution in [-0.2, 0) is 33.9 Å². The minimum Gasteiger partial charge on any atom is -0.469 e. The standard InChI is InChI=1S/C15H16O3S/c1-17-15(16)9-12-5-2-3-6-13(12)10-18-11-14-7-4-8-19-14/h2-8H,9-11H2,1H3. The second-order valence-electron chi connectivity index (χ2n) is 4.09. The van der Waals surface area contributed by atoms with E-state index in [1.807, 2.05) is 41.8 Å². The fraction of sp³-hybridized carbons (Fsp3) is 0.267. The maximum Gasteiger partial charge on any atom is 0.309 e. The van der Waals surface area contributed by atoms with Crippen LogP contribution in [0.1, 0.15) is 16.0 Å². The first-order valence-electron chi connectivity index (χ1n) is 6.03. The molecule has 1 aromatic carbocycles. The predicted molar refractivity (Wildman–Crippen MR) is 75.0 cm³/mol. The van der Waals surface area contributed by atoms with E-state index in [2.05, 4.69) is 0 Å². The van der Waals surface area contributed by atoms with Gasteiger partial charge in [0.15, 0.2) is 0 Å². The number of ether oxygens (including phenoxy) is 2. The molecule has 0 N–H and O–H groups in total. The van der Waals surface area contributed by atoms with Gasteiger partial charge in [-0.25, -0.2) is 0 Å². The summed E-state index contributed by atoms with van der Waals surface area (Å²) in [6.07, 6.45) is 0.287. The van der Waals surface area contributed by atoms with Gasteiger partial charge in [-0.1, -0.05) is 30.3 Å². The Balaban J connectivity index is 1.93. The molecule has 2 rings (SSSR count). The molecule has 0 spiro atoms. The van der Waals surface area contributed by atoms with Crippen LogP contribution in [0.3, 0.4) is 0 Å². The lowest BCUT2D eigenvalue weighted by Crippen LogP contribution is -2.07. The Hall–Kier alpha value is -1.65. The first-order chi connectivity index (χ1) is 9.29. The number of rotatable bonds is 6. The third kappa shape index (κ3) is 4.19. The number of methoxy groups -OCH3 is 1. The molecule has 0 bridgehead atoms. The molecule has 0 saturated carbocycles. The molecule has 0 fully saturated rings. The number of benzene rings is 1. The maximum atomic E-state index is 11.3. The van der Waals surface area contributed by atoms with Gasteiger partial charge in [-0.05, 0) is 22.6 Å². The second kappa shape index (κ2) is 7.07. The third-order valence-corrected chi connectivity index (χ3v) is 3.61. The van der Waals surface area contributed by atoms with Gasteiger partial charge in [0.05, 0.1) is 26.7 Å². The summed E-state index contributed by atoms with van der Waals surface area (Å²) in [5.41, 5.74) is 1.99. The van der Waals surface area contributed by atoms with Gasteiger partial charge in [0, 0.05) is 4.88 Å². The van der Waals surface area contributed by atoms with Gasteiger partial charge in [-0.15, -0.1) is 11.3 Å². The average molecular weight is 276 g/mol. The van der Waals surface area contributed by atoms with Crippen molar-refractivity contribution in [1.82, 2.24) is 0 Å². The lowest BCUT2D eigenvalue weighted by molar-refractivity contribution is -0.139. The molecule has 0 unspecified atom stereocenters. The summed E-state index contributed by atoms with van der Waals surface area (Å²) in [6, 6.07) is 11.8. The van der Waals surface area contributed by atoms with Crippen LogP contribution in [0, 0.1) is 0 Å². The molecule has 0 atom stereocenters. The van der Waals surface area contributed by atoms with Crippen LogP contribution in [0.15, 0.2) is 41.8 Å². The third-order valence-electron chi connectivity index (χ3n) is 2.76. The van der Waals surface area contributed by atoms with Crippen molar-refractivity contribution in [3.05, 3.63) is 57.8 Å². The van der Waals surface area contributed by atoms with E-state index in [9.17, 15) is 4.79 Å². The van der Waals surface area contributed by atoms with Crippen LogP contribution in [0.25, 0.3) is 0 Å². The summed E-state index contributed by atoms with van der Waals surface area (Å²) in [6.45, 7) is 1.11. The Morgan fingerprint density at radius 2 is 1.89 bits per heavy atom. The summed E-state index contributed by atoms with van der Waals surface area (Å²) in [7, 11) is 1.40. The van der Waals surface area contributed by atoms with Crippen LogP contribution in [0.5, 0.6) is 0 Å². The fourth-order valence-electron chi connectivity index (χ4n) is 1.75. The topological polar surface area (TPSA) is 35.5 Å². The molecular formula is C15H16O3S. The zero-order valence-corrected chi connectivity index (χ0v) is 11.6. The lowest BCUT2D eigenvalue weighted by Gasteiger charge is -2.09. The molecule has 4 heteroatoms. The van der Waals surface area contributed by atoms with Crippen LogP contribution in [-0.4, -0.2) is 13.1 Å². The molecular weight excluding hydrogens is 260 g/mol. The van der Waals surface area contributed by atoms with Gasteiger partial charge in [-0.3, -0.25) is 4.79 Å². The normalized spacial score (nSPS) is 10.4. The van der Waals surface area contributed by atoms with Gasteiger partial charge in [0.25, 0.3) is 0 Å². The van der Waals surface area contributed by atoms with E-state index in [0.29, 0.717) is 13.2 Å². The van der Waals surface area contributed by atoms with E-state index >= 15 is 0 Å². The van der Waals surface area contributed by atoms with Crippen molar-refractivity contribution in [1.29, 1.82) is 0 Å². The SMILES string of the molecule is COC(=O)Cc1ccccc1COCc1cccs1. The minimum atomic E-state index is -0.231. The van der Waals surface area contributed by atoms with Gasteiger partial charge in [0.2, 0.25) is 0 Å². The molecule has 0 saturated heterocycles. The molecule has 0 amide bonds. The summed E-state index contributed by atoms with van der Waals surface area (Å²) >= 11 is 1.68. The summed E-state index contributed by atoms with van der Waals surface area (Å²) < 4.78 is 10.4. The Labute approximate surface area is 116 Å². The van der Waals surface area contributed by atoms with E-state index in [1.54, 1.807) is 11.3 Å². The van der Waals surface area contributed by atoms with Crippen molar-refractivity contribution in [2.45, 2.75) is 19.6 Å². The van der Waals surface area contributed by atoms with Crippen molar-refractivity contribution in [2.75, 3.05) is 7.11 Å². The number of carbonyl (C=O) groups excluding carboxylic acids is 1. The highest BCUT2D eigenvalue weighted by Gasteiger charge is 2.07. The van der Waals surface area contributed by atoms with Crippen LogP contribution in [0.4, 0.5) is 0 Å². The zero-order valence-electron chi connectivity index (χ0n) is 10.8. The molecule has 0 aliphatic rings. The number of esters is 1. The quantitative estimate of drug-likeness (QED) is 0.760. The highest BCUT2D eigenvalue weighted by atomic mass is 32.1. The molecule has 0 aliphatic carbocycles. The first-order valence-corrected chi connectivity index (χ1v) is 6.91. The molecule has 19 heavy (non-hydrogen) atoms. The Kier molecular flexibility index (Phi) is 5.12. The maximum absolute atomic E-state index is 11.3. The monoisotopic (exact) mass is 276 g/mol. The highest BCUT2D eigenvalue weighted by Crippen LogP contribution is 2.14. The first kappa shape index (κ1) is 13.8. The van der Waals surface area contributed by atoms with Gasteiger partial charge in [-0.2, -0.15) is 0 Å². The van der Waals surface area contributed by atoms with Crippen molar-refractivity contribution >= 4 is 17.3 Å². The molecule has 0 aliphatic heterocycles. The van der Waals surface area contributed by atoms with Crippen LogP contribution < -0.4 is 0 Å². The van der Waals surface area contributed by atoms with Crippen LogP contribution in [0.2, 0.25) is 0 Å². The Bertz CT molecular complexity index is 520. The highest BCUT2D eigenvalue weighted by molar-refractivity contribution is 7.09. The zero-order chi connectivity index (χ0) is 13.5. The van der Waals surface area contributed by atoms with E-state index in [1.165, 1.54) is 12.0 Å². The summed E-state index contributed by atoms with van der Waals surface area (Å²) in [5, 5.41) is 2.03. The molecule has 1 heterocycles.